The van der Waals surface area contributed by atoms with Gasteiger partial charge in [0, 0.05) is 23.7 Å². The quantitative estimate of drug-likeness (QED) is 0.707. The number of Topliss-reactive ketones (excluding diaryl/α,β-unsaturated/α-hetero) is 1. The highest BCUT2D eigenvalue weighted by Gasteiger charge is 2.71. The van der Waals surface area contributed by atoms with Gasteiger partial charge in [0.2, 0.25) is 0 Å². The lowest BCUT2D eigenvalue weighted by atomic mass is 9.55. The topological polar surface area (TPSA) is 96.0 Å². The zero-order chi connectivity index (χ0) is 23.6. The molecule has 1 aromatic carbocycles. The molecule has 1 atom stereocenters. The number of ketones is 1. The van der Waals surface area contributed by atoms with E-state index in [1.54, 1.807) is 6.92 Å². The highest BCUT2D eigenvalue weighted by Crippen LogP contribution is 2.62. The van der Waals surface area contributed by atoms with E-state index in [0.717, 1.165) is 17.3 Å². The fraction of sp³-hybridized carbons (Fsp3) is 0.458. The molecule has 1 saturated heterocycles. The second kappa shape index (κ2) is 7.21. The molecule has 0 saturated carbocycles. The molecule has 0 amide bonds. The first-order valence-corrected chi connectivity index (χ1v) is 10.7. The number of aryl methyl sites for hydroxylation is 1. The van der Waals surface area contributed by atoms with E-state index in [9.17, 15) is 13.6 Å². The molecule has 1 aromatic heterocycles. The average Bonchev–Trinajstić information content (AvgIpc) is 3.09. The maximum atomic E-state index is 13.0. The normalized spacial score (nSPS) is 24.1. The first-order chi connectivity index (χ1) is 15.6. The molecule has 0 bridgehead atoms. The number of aliphatic imine (C=N–C) groups is 1. The summed E-state index contributed by atoms with van der Waals surface area (Å²) in [5.74, 6) is 0.401. The summed E-state index contributed by atoms with van der Waals surface area (Å²) in [5.41, 5.74) is 6.04. The lowest BCUT2D eigenvalue weighted by molar-refractivity contribution is -0.247. The van der Waals surface area contributed by atoms with Crippen LogP contribution in [0.3, 0.4) is 0 Å². The number of nitrogens with two attached hydrogens (primary N) is 1. The Bertz CT molecular complexity index is 1180. The van der Waals surface area contributed by atoms with Crippen LogP contribution in [0.1, 0.15) is 53.0 Å². The Morgan fingerprint density at radius 3 is 2.55 bits per heavy atom. The van der Waals surface area contributed by atoms with Crippen LogP contribution in [0.15, 0.2) is 35.5 Å². The number of pyridine rings is 1. The van der Waals surface area contributed by atoms with Crippen molar-refractivity contribution in [3.63, 3.8) is 0 Å². The predicted octanol–water partition coefficient (Wildman–Crippen LogP) is 3.48. The number of benzene rings is 1. The van der Waals surface area contributed by atoms with Gasteiger partial charge in [-0.3, -0.25) is 9.78 Å². The minimum atomic E-state index is -2.63. The second-order valence-corrected chi connectivity index (χ2v) is 9.45. The van der Waals surface area contributed by atoms with Crippen LogP contribution in [0, 0.1) is 12.3 Å². The highest BCUT2D eigenvalue weighted by molar-refractivity contribution is 5.97. The van der Waals surface area contributed by atoms with Crippen molar-refractivity contribution in [2.75, 3.05) is 19.8 Å². The van der Waals surface area contributed by atoms with E-state index in [0.29, 0.717) is 24.5 Å². The minimum Gasteiger partial charge on any atom is -0.487 e. The maximum Gasteiger partial charge on any atom is 0.283 e. The summed E-state index contributed by atoms with van der Waals surface area (Å²) in [5, 5.41) is 0. The monoisotopic (exact) mass is 457 g/mol. The molecular weight excluding hydrogens is 432 g/mol. The smallest absolute Gasteiger partial charge is 0.283 e. The van der Waals surface area contributed by atoms with Gasteiger partial charge in [-0.25, -0.2) is 13.8 Å². The molecule has 0 radical (unpaired) electrons. The van der Waals surface area contributed by atoms with E-state index in [2.05, 4.69) is 4.98 Å². The Hall–Kier alpha value is -3.07. The lowest BCUT2D eigenvalue weighted by Crippen LogP contribution is -2.71. The highest BCUT2D eigenvalue weighted by atomic mass is 19.3. The molecule has 3 aliphatic heterocycles. The first kappa shape index (κ1) is 21.8. The van der Waals surface area contributed by atoms with Gasteiger partial charge in [-0.1, -0.05) is 6.07 Å². The summed E-state index contributed by atoms with van der Waals surface area (Å²) in [6.07, 6.45) is -1.53. The summed E-state index contributed by atoms with van der Waals surface area (Å²) < 4.78 is 43.5. The van der Waals surface area contributed by atoms with E-state index in [-0.39, 0.29) is 36.1 Å². The fourth-order valence-corrected chi connectivity index (χ4v) is 5.21. The molecule has 0 aliphatic carbocycles. The van der Waals surface area contributed by atoms with Gasteiger partial charge in [-0.15, -0.1) is 0 Å². The van der Waals surface area contributed by atoms with Crippen LogP contribution in [0.2, 0.25) is 0 Å². The molecule has 2 aromatic rings. The van der Waals surface area contributed by atoms with Crippen LogP contribution in [-0.4, -0.2) is 42.2 Å². The summed E-state index contributed by atoms with van der Waals surface area (Å²) in [6, 6.07) is 6.97. The number of aromatic nitrogens is 1. The molecule has 174 valence electrons. The molecule has 33 heavy (non-hydrogen) atoms. The number of carbonyl (C=O) groups is 1. The van der Waals surface area contributed by atoms with Crippen LogP contribution in [0.25, 0.3) is 0 Å². The van der Waals surface area contributed by atoms with Crippen molar-refractivity contribution in [1.29, 1.82) is 0 Å². The number of rotatable bonds is 4. The molecular formula is C24H25F2N3O4. The number of ether oxygens (including phenoxy) is 3. The van der Waals surface area contributed by atoms with Gasteiger partial charge in [0.25, 0.3) is 12.4 Å². The predicted molar refractivity (Wildman–Crippen MR) is 116 cm³/mol. The van der Waals surface area contributed by atoms with Crippen molar-refractivity contribution >= 4 is 11.8 Å². The second-order valence-electron chi connectivity index (χ2n) is 9.45. The Labute approximate surface area is 190 Å². The Balaban J connectivity index is 1.52. The van der Waals surface area contributed by atoms with Crippen LogP contribution < -0.4 is 10.5 Å². The van der Waals surface area contributed by atoms with Gasteiger partial charge in [0.05, 0.1) is 18.6 Å². The van der Waals surface area contributed by atoms with Crippen molar-refractivity contribution in [2.45, 2.75) is 44.8 Å². The third-order valence-electron chi connectivity index (χ3n) is 7.21. The first-order valence-electron chi connectivity index (χ1n) is 10.7. The van der Waals surface area contributed by atoms with E-state index in [4.69, 9.17) is 24.9 Å². The number of amidine groups is 1. The number of alkyl halides is 2. The molecule has 5 rings (SSSR count). The van der Waals surface area contributed by atoms with Crippen LogP contribution >= 0.6 is 0 Å². The van der Waals surface area contributed by atoms with Crippen molar-refractivity contribution < 1.29 is 27.8 Å². The van der Waals surface area contributed by atoms with Crippen molar-refractivity contribution in [2.24, 2.45) is 16.1 Å². The van der Waals surface area contributed by atoms with Crippen molar-refractivity contribution in [3.8, 4) is 5.75 Å². The molecule has 1 fully saturated rings. The van der Waals surface area contributed by atoms with E-state index in [1.807, 2.05) is 32.0 Å². The van der Waals surface area contributed by atoms with Gasteiger partial charge < -0.3 is 19.9 Å². The summed E-state index contributed by atoms with van der Waals surface area (Å²) >= 11 is 0. The zero-order valence-corrected chi connectivity index (χ0v) is 18.7. The van der Waals surface area contributed by atoms with Crippen LogP contribution in [0.4, 0.5) is 8.78 Å². The number of carbonyl (C=O) groups excluding carboxylic acids is 1. The Morgan fingerprint density at radius 2 is 1.97 bits per heavy atom. The van der Waals surface area contributed by atoms with Gasteiger partial charge in [-0.2, -0.15) is 0 Å². The maximum absolute atomic E-state index is 13.0. The van der Waals surface area contributed by atoms with Crippen molar-refractivity contribution in [1.82, 2.24) is 4.98 Å². The van der Waals surface area contributed by atoms with Crippen LogP contribution in [0.5, 0.6) is 5.75 Å². The number of fused-ring (bicyclic) bond motifs is 3. The third-order valence-corrected chi connectivity index (χ3v) is 7.21. The largest absolute Gasteiger partial charge is 0.487 e. The van der Waals surface area contributed by atoms with Gasteiger partial charge in [-0.05, 0) is 50.1 Å². The standard InChI is InChI=1S/C24H25F2N3O4/c1-13-6-15(20(25)26)9-28-19(13)17(30)8-14-4-5-18-16(7-14)24(12-32-21(27)29-24)23(10-31-11-23)22(2,3)33-18/h4-7,9,20H,8,10-12H2,1-3H3,(H2,27,29). The Kier molecular flexibility index (Phi) is 4.76. The summed E-state index contributed by atoms with van der Waals surface area (Å²) in [4.78, 5) is 21.7. The fourth-order valence-electron chi connectivity index (χ4n) is 5.21. The molecule has 9 heteroatoms. The Morgan fingerprint density at radius 1 is 1.21 bits per heavy atom. The SMILES string of the molecule is Cc1cc(C(F)F)cnc1C(=O)Cc1ccc2c(c1)C1(COC(N)=N1)C1(COC1)C(C)(C)O2. The molecule has 7 nitrogen and oxygen atoms in total. The number of hydrogen-bond acceptors (Lipinski definition) is 7. The summed E-state index contributed by atoms with van der Waals surface area (Å²) in [6.45, 7) is 6.79. The van der Waals surface area contributed by atoms with Gasteiger partial charge >= 0.3 is 0 Å². The summed E-state index contributed by atoms with van der Waals surface area (Å²) in [7, 11) is 0. The third kappa shape index (κ3) is 3.05. The van der Waals surface area contributed by atoms with E-state index in [1.165, 1.54) is 6.07 Å². The van der Waals surface area contributed by atoms with Gasteiger partial charge in [0.1, 0.15) is 29.2 Å². The molecule has 2 N–H and O–H groups in total. The number of nitrogens with zero attached hydrogens (tertiary/aromatic N) is 2. The zero-order valence-electron chi connectivity index (χ0n) is 18.7. The van der Waals surface area contributed by atoms with E-state index < -0.39 is 23.0 Å². The van der Waals surface area contributed by atoms with Crippen molar-refractivity contribution in [3.05, 3.63) is 58.4 Å². The van der Waals surface area contributed by atoms with E-state index >= 15 is 0 Å². The molecule has 4 heterocycles. The molecule has 3 aliphatic rings. The minimum absolute atomic E-state index is 0.0537. The number of halogens is 2. The molecule has 2 spiro atoms. The van der Waals surface area contributed by atoms with Crippen LogP contribution in [-0.2, 0) is 21.4 Å². The number of hydrogen-bond donors (Lipinski definition) is 1. The molecule has 1 unspecified atom stereocenters. The van der Waals surface area contributed by atoms with Gasteiger partial charge in [0.15, 0.2) is 5.78 Å². The average molecular weight is 457 g/mol. The lowest BCUT2D eigenvalue weighted by Gasteiger charge is -2.61.